The van der Waals surface area contributed by atoms with Gasteiger partial charge >= 0.3 is 0 Å². The number of rotatable bonds is 2. The van der Waals surface area contributed by atoms with Crippen LogP contribution in [0.15, 0.2) is 0 Å². The summed E-state index contributed by atoms with van der Waals surface area (Å²) < 4.78 is 0. The van der Waals surface area contributed by atoms with Gasteiger partial charge < -0.3 is 0 Å². The molecule has 0 nitrogen and oxygen atoms in total. The lowest BCUT2D eigenvalue weighted by molar-refractivity contribution is 0.507. The molecule has 0 aliphatic heterocycles. The van der Waals surface area contributed by atoms with E-state index in [9.17, 15) is 0 Å². The molecule has 0 atom stereocenters. The van der Waals surface area contributed by atoms with E-state index in [4.69, 9.17) is 0 Å². The van der Waals surface area contributed by atoms with Gasteiger partial charge in [-0.1, -0.05) is 6.92 Å². The van der Waals surface area contributed by atoms with Crippen molar-refractivity contribution in [1.29, 1.82) is 0 Å². The topological polar surface area (TPSA) is 0 Å². The third kappa shape index (κ3) is 1.48. The van der Waals surface area contributed by atoms with E-state index >= 15 is 0 Å². The van der Waals surface area contributed by atoms with Crippen LogP contribution in [0.5, 0.6) is 0 Å². The Bertz CT molecular complexity index is 141. The Morgan fingerprint density at radius 2 is 2.11 bits per heavy atom. The zero-order valence-corrected chi connectivity index (χ0v) is 6.33. The second-order valence-electron chi connectivity index (χ2n) is 2.96. The minimum absolute atomic E-state index is 0.670. The smallest absolute Gasteiger partial charge is 0.0145 e. The average Bonchev–Trinajstić information content (AvgIpc) is 2.65. The molecule has 0 saturated heterocycles. The maximum absolute atomic E-state index is 3.15. The Morgan fingerprint density at radius 3 is 2.44 bits per heavy atom. The summed E-state index contributed by atoms with van der Waals surface area (Å²) in [6.45, 7) is 4.19. The van der Waals surface area contributed by atoms with Crippen LogP contribution in [0, 0.1) is 17.3 Å². The lowest BCUT2D eigenvalue weighted by Gasteiger charge is -2.04. The molecule has 0 spiro atoms. The lowest BCUT2D eigenvalue weighted by Crippen LogP contribution is -1.94. The summed E-state index contributed by atoms with van der Waals surface area (Å²) in [5.74, 6) is 6.10. The summed E-state index contributed by atoms with van der Waals surface area (Å²) in [7, 11) is 0. The van der Waals surface area contributed by atoms with Crippen molar-refractivity contribution in [2.45, 2.75) is 39.5 Å². The van der Waals surface area contributed by atoms with Crippen LogP contribution < -0.4 is 0 Å². The monoisotopic (exact) mass is 122 g/mol. The molecular weight excluding hydrogens is 108 g/mol. The maximum atomic E-state index is 3.15. The molecule has 0 heterocycles. The van der Waals surface area contributed by atoms with Crippen LogP contribution in [0.1, 0.15) is 39.5 Å². The first-order chi connectivity index (χ1) is 4.33. The van der Waals surface area contributed by atoms with Crippen molar-refractivity contribution in [3.63, 3.8) is 0 Å². The molecule has 0 unspecified atom stereocenters. The van der Waals surface area contributed by atoms with Crippen molar-refractivity contribution in [3.8, 4) is 11.8 Å². The first-order valence-corrected chi connectivity index (χ1v) is 3.72. The minimum Gasteiger partial charge on any atom is -0.107 e. The fourth-order valence-corrected chi connectivity index (χ4v) is 1.11. The molecular formula is C9H14. The van der Waals surface area contributed by atoms with Gasteiger partial charge in [0.1, 0.15) is 0 Å². The van der Waals surface area contributed by atoms with Gasteiger partial charge in [0.15, 0.2) is 0 Å². The molecule has 0 aromatic heterocycles. The van der Waals surface area contributed by atoms with Gasteiger partial charge in [0.25, 0.3) is 0 Å². The summed E-state index contributed by atoms with van der Waals surface area (Å²) in [5, 5.41) is 0. The lowest BCUT2D eigenvalue weighted by atomic mass is 10.0. The minimum atomic E-state index is 0.670. The maximum Gasteiger partial charge on any atom is 0.0145 e. The third-order valence-electron chi connectivity index (χ3n) is 2.35. The molecule has 1 rings (SSSR count). The highest BCUT2D eigenvalue weighted by atomic mass is 14.4. The standard InChI is InChI=1S/C9H14/c1-3-5-6-9(4-2)7-8-9/h4,6-8H2,1-2H3. The van der Waals surface area contributed by atoms with Gasteiger partial charge in [0, 0.05) is 6.42 Å². The predicted molar refractivity (Wildman–Crippen MR) is 40.0 cm³/mol. The van der Waals surface area contributed by atoms with Gasteiger partial charge in [-0.05, 0) is 31.6 Å². The van der Waals surface area contributed by atoms with E-state index in [1.807, 2.05) is 6.92 Å². The van der Waals surface area contributed by atoms with Gasteiger partial charge in [-0.2, -0.15) is 0 Å². The van der Waals surface area contributed by atoms with E-state index in [-0.39, 0.29) is 0 Å². The van der Waals surface area contributed by atoms with E-state index in [1.165, 1.54) is 19.3 Å². The highest BCUT2D eigenvalue weighted by Crippen LogP contribution is 2.51. The molecule has 1 saturated carbocycles. The van der Waals surface area contributed by atoms with Crippen LogP contribution in [0.2, 0.25) is 0 Å². The average molecular weight is 122 g/mol. The molecule has 1 aliphatic rings. The van der Waals surface area contributed by atoms with Crippen LogP contribution in [0.25, 0.3) is 0 Å². The van der Waals surface area contributed by atoms with E-state index in [2.05, 4.69) is 18.8 Å². The van der Waals surface area contributed by atoms with Gasteiger partial charge in [-0.3, -0.25) is 0 Å². The van der Waals surface area contributed by atoms with Crippen molar-refractivity contribution in [2.75, 3.05) is 0 Å². The van der Waals surface area contributed by atoms with Crippen molar-refractivity contribution in [3.05, 3.63) is 0 Å². The predicted octanol–water partition coefficient (Wildman–Crippen LogP) is 2.59. The molecule has 0 aromatic rings. The molecule has 0 bridgehead atoms. The molecule has 0 heteroatoms. The van der Waals surface area contributed by atoms with Gasteiger partial charge in [-0.25, -0.2) is 0 Å². The number of hydrogen-bond donors (Lipinski definition) is 0. The Morgan fingerprint density at radius 1 is 1.44 bits per heavy atom. The molecule has 0 N–H and O–H groups in total. The highest BCUT2D eigenvalue weighted by molar-refractivity contribution is 5.05. The SMILES string of the molecule is CC#CCC1(CC)CC1. The Kier molecular flexibility index (Phi) is 1.81. The van der Waals surface area contributed by atoms with Crippen molar-refractivity contribution in [1.82, 2.24) is 0 Å². The molecule has 0 radical (unpaired) electrons. The van der Waals surface area contributed by atoms with E-state index in [0.717, 1.165) is 6.42 Å². The Labute approximate surface area is 57.7 Å². The fourth-order valence-electron chi connectivity index (χ4n) is 1.11. The summed E-state index contributed by atoms with van der Waals surface area (Å²) in [5.41, 5.74) is 0.670. The molecule has 1 fully saturated rings. The number of hydrogen-bond acceptors (Lipinski definition) is 0. The summed E-state index contributed by atoms with van der Waals surface area (Å²) in [6.07, 6.45) is 5.29. The summed E-state index contributed by atoms with van der Waals surface area (Å²) >= 11 is 0. The highest BCUT2D eigenvalue weighted by Gasteiger charge is 2.39. The summed E-state index contributed by atoms with van der Waals surface area (Å²) in [6, 6.07) is 0. The normalized spacial score (nSPS) is 20.2. The van der Waals surface area contributed by atoms with Gasteiger partial charge in [0.2, 0.25) is 0 Å². The van der Waals surface area contributed by atoms with Crippen LogP contribution in [0.3, 0.4) is 0 Å². The van der Waals surface area contributed by atoms with Crippen LogP contribution in [-0.4, -0.2) is 0 Å². The first-order valence-electron chi connectivity index (χ1n) is 3.72. The second kappa shape index (κ2) is 2.43. The first kappa shape index (κ1) is 6.68. The van der Waals surface area contributed by atoms with E-state index < -0.39 is 0 Å². The second-order valence-corrected chi connectivity index (χ2v) is 2.96. The van der Waals surface area contributed by atoms with Crippen LogP contribution in [0.4, 0.5) is 0 Å². The molecule has 50 valence electrons. The Hall–Kier alpha value is -0.440. The largest absolute Gasteiger partial charge is 0.107 e. The van der Waals surface area contributed by atoms with Crippen LogP contribution in [-0.2, 0) is 0 Å². The quantitative estimate of drug-likeness (QED) is 0.494. The van der Waals surface area contributed by atoms with E-state index in [1.54, 1.807) is 0 Å². The third-order valence-corrected chi connectivity index (χ3v) is 2.35. The van der Waals surface area contributed by atoms with E-state index in [0.29, 0.717) is 5.41 Å². The fraction of sp³-hybridized carbons (Fsp3) is 0.778. The van der Waals surface area contributed by atoms with Gasteiger partial charge in [0.05, 0.1) is 0 Å². The van der Waals surface area contributed by atoms with Crippen molar-refractivity contribution >= 4 is 0 Å². The van der Waals surface area contributed by atoms with Gasteiger partial charge in [-0.15, -0.1) is 11.8 Å². The van der Waals surface area contributed by atoms with Crippen molar-refractivity contribution in [2.24, 2.45) is 5.41 Å². The zero-order chi connectivity index (χ0) is 6.74. The molecule has 0 amide bonds. The Balaban J connectivity index is 2.31. The van der Waals surface area contributed by atoms with Crippen LogP contribution >= 0.6 is 0 Å². The molecule has 0 aromatic carbocycles. The van der Waals surface area contributed by atoms with Crippen molar-refractivity contribution < 1.29 is 0 Å². The zero-order valence-electron chi connectivity index (χ0n) is 6.33. The molecule has 9 heavy (non-hydrogen) atoms. The summed E-state index contributed by atoms with van der Waals surface area (Å²) in [4.78, 5) is 0. The molecule has 1 aliphatic carbocycles.